The molecule has 1 amide bonds. The minimum atomic E-state index is 0.144. The molecule has 0 aromatic heterocycles. The van der Waals surface area contributed by atoms with Crippen molar-refractivity contribution in [2.75, 3.05) is 11.6 Å². The summed E-state index contributed by atoms with van der Waals surface area (Å²) in [5.41, 5.74) is 0. The van der Waals surface area contributed by atoms with Gasteiger partial charge in [0, 0.05) is 5.88 Å². The standard InChI is InChI=1S/C4H6NOS/c1-5-3-7-2-4(5)6/h1-3H2/q-1. The van der Waals surface area contributed by atoms with Crippen molar-refractivity contribution >= 4 is 17.7 Å². The second-order valence-electron chi connectivity index (χ2n) is 1.41. The number of rotatable bonds is 0. The molecule has 1 saturated heterocycles. The van der Waals surface area contributed by atoms with Crippen LogP contribution in [0.1, 0.15) is 0 Å². The summed E-state index contributed by atoms with van der Waals surface area (Å²) in [5.74, 6) is 1.52. The first kappa shape index (κ1) is 4.97. The molecule has 0 bridgehead atoms. The van der Waals surface area contributed by atoms with Gasteiger partial charge in [0.1, 0.15) is 0 Å². The highest BCUT2D eigenvalue weighted by molar-refractivity contribution is 8.00. The summed E-state index contributed by atoms with van der Waals surface area (Å²) in [6, 6.07) is 0. The van der Waals surface area contributed by atoms with Crippen molar-refractivity contribution in [2.24, 2.45) is 0 Å². The number of hydrogen-bond acceptors (Lipinski definition) is 2. The topological polar surface area (TPSA) is 20.3 Å². The van der Waals surface area contributed by atoms with E-state index in [2.05, 4.69) is 7.05 Å². The molecule has 0 saturated carbocycles. The molecule has 0 N–H and O–H groups in total. The summed E-state index contributed by atoms with van der Waals surface area (Å²) in [7, 11) is 3.48. The summed E-state index contributed by atoms with van der Waals surface area (Å²) in [6.45, 7) is 0. The van der Waals surface area contributed by atoms with E-state index >= 15 is 0 Å². The van der Waals surface area contributed by atoms with Crippen molar-refractivity contribution in [1.29, 1.82) is 0 Å². The van der Waals surface area contributed by atoms with Crippen LogP contribution in [0, 0.1) is 7.05 Å². The van der Waals surface area contributed by atoms with Crippen molar-refractivity contribution in [3.63, 3.8) is 0 Å². The van der Waals surface area contributed by atoms with Gasteiger partial charge in [-0.15, -0.1) is 11.8 Å². The number of carbonyl (C=O) groups is 1. The quantitative estimate of drug-likeness (QED) is 0.424. The SMILES string of the molecule is [CH2-]N1CSCC1=O. The lowest BCUT2D eigenvalue weighted by Crippen LogP contribution is -2.16. The molecule has 40 valence electrons. The maximum absolute atomic E-state index is 10.4. The molecule has 1 fully saturated rings. The maximum atomic E-state index is 10.4. The highest BCUT2D eigenvalue weighted by Gasteiger charge is 2.09. The van der Waals surface area contributed by atoms with Gasteiger partial charge in [-0.05, 0) is 0 Å². The van der Waals surface area contributed by atoms with Crippen LogP contribution in [0.15, 0.2) is 0 Å². The van der Waals surface area contributed by atoms with Crippen LogP contribution in [0.25, 0.3) is 0 Å². The van der Waals surface area contributed by atoms with Crippen molar-refractivity contribution in [2.45, 2.75) is 0 Å². The fourth-order valence-electron chi connectivity index (χ4n) is 0.406. The zero-order chi connectivity index (χ0) is 5.28. The Morgan fingerprint density at radius 1 is 1.86 bits per heavy atom. The zero-order valence-electron chi connectivity index (χ0n) is 3.89. The largest absolute Gasteiger partial charge is 0.487 e. The van der Waals surface area contributed by atoms with Gasteiger partial charge in [-0.25, -0.2) is 0 Å². The maximum Gasteiger partial charge on any atom is 0.203 e. The number of hydrogen-bond donors (Lipinski definition) is 0. The van der Waals surface area contributed by atoms with Gasteiger partial charge >= 0.3 is 0 Å². The van der Waals surface area contributed by atoms with Crippen molar-refractivity contribution < 1.29 is 4.79 Å². The minimum Gasteiger partial charge on any atom is -0.487 e. The Balaban J connectivity index is 2.48. The molecule has 0 radical (unpaired) electrons. The molecule has 1 heterocycles. The highest BCUT2D eigenvalue weighted by atomic mass is 32.2. The van der Waals surface area contributed by atoms with Crippen LogP contribution in [0.3, 0.4) is 0 Å². The average molecular weight is 116 g/mol. The molecule has 0 unspecified atom stereocenters. The third-order valence-corrected chi connectivity index (χ3v) is 1.77. The lowest BCUT2D eigenvalue weighted by Gasteiger charge is -2.13. The molecular formula is C4H6NOS-. The Labute approximate surface area is 46.9 Å². The van der Waals surface area contributed by atoms with E-state index in [-0.39, 0.29) is 5.91 Å². The smallest absolute Gasteiger partial charge is 0.203 e. The zero-order valence-corrected chi connectivity index (χ0v) is 4.70. The van der Waals surface area contributed by atoms with E-state index in [1.54, 1.807) is 11.8 Å². The molecule has 0 spiro atoms. The van der Waals surface area contributed by atoms with Gasteiger partial charge in [0.05, 0.1) is 5.75 Å². The fraction of sp³-hybridized carbons (Fsp3) is 0.500. The van der Waals surface area contributed by atoms with Gasteiger partial charge in [0.25, 0.3) is 0 Å². The van der Waals surface area contributed by atoms with E-state index in [0.29, 0.717) is 5.75 Å². The monoisotopic (exact) mass is 116 g/mol. The third kappa shape index (κ3) is 0.881. The van der Waals surface area contributed by atoms with E-state index in [4.69, 9.17) is 0 Å². The summed E-state index contributed by atoms with van der Waals surface area (Å²) in [5, 5.41) is 0. The second kappa shape index (κ2) is 1.74. The normalized spacial score (nSPS) is 21.3. The Bertz CT molecular complexity index is 93.7. The molecule has 1 aliphatic rings. The van der Waals surface area contributed by atoms with Crippen molar-refractivity contribution in [1.82, 2.24) is 4.90 Å². The highest BCUT2D eigenvalue weighted by Crippen LogP contribution is 2.12. The first-order chi connectivity index (χ1) is 3.30. The molecule has 0 aromatic carbocycles. The van der Waals surface area contributed by atoms with Gasteiger partial charge in [-0.2, -0.15) is 0 Å². The van der Waals surface area contributed by atoms with E-state index in [1.807, 2.05) is 0 Å². The summed E-state index contributed by atoms with van der Waals surface area (Å²) >= 11 is 1.60. The number of nitrogens with zero attached hydrogens (tertiary/aromatic N) is 1. The van der Waals surface area contributed by atoms with Crippen LogP contribution >= 0.6 is 11.8 Å². The lowest BCUT2D eigenvalue weighted by atomic mass is 10.6. The van der Waals surface area contributed by atoms with Crippen LogP contribution in [-0.2, 0) is 4.79 Å². The van der Waals surface area contributed by atoms with Crippen LogP contribution in [0.5, 0.6) is 0 Å². The molecular weight excluding hydrogens is 110 g/mol. The Hall–Kier alpha value is -0.180. The van der Waals surface area contributed by atoms with E-state index in [9.17, 15) is 4.79 Å². The van der Waals surface area contributed by atoms with Gasteiger partial charge in [0.2, 0.25) is 5.91 Å². The summed E-state index contributed by atoms with van der Waals surface area (Å²) in [4.78, 5) is 11.9. The molecule has 0 aliphatic carbocycles. The van der Waals surface area contributed by atoms with Gasteiger partial charge < -0.3 is 4.90 Å². The molecule has 0 atom stereocenters. The van der Waals surface area contributed by atoms with Gasteiger partial charge in [0.15, 0.2) is 0 Å². The molecule has 1 rings (SSSR count). The number of amides is 1. The number of thioether (sulfide) groups is 1. The van der Waals surface area contributed by atoms with E-state index in [1.165, 1.54) is 4.90 Å². The van der Waals surface area contributed by atoms with Gasteiger partial charge in [-0.3, -0.25) is 11.8 Å². The van der Waals surface area contributed by atoms with Crippen molar-refractivity contribution in [3.8, 4) is 0 Å². The predicted octanol–water partition coefficient (Wildman–Crippen LogP) is 0.311. The first-order valence-corrected chi connectivity index (χ1v) is 3.15. The predicted molar refractivity (Wildman–Crippen MR) is 29.5 cm³/mol. The molecule has 3 heteroatoms. The van der Waals surface area contributed by atoms with E-state index < -0.39 is 0 Å². The van der Waals surface area contributed by atoms with E-state index in [0.717, 1.165) is 5.88 Å². The average Bonchev–Trinajstić information content (AvgIpc) is 1.91. The number of carbonyl (C=O) groups excluding carboxylic acids is 1. The first-order valence-electron chi connectivity index (χ1n) is 1.99. The lowest BCUT2D eigenvalue weighted by molar-refractivity contribution is -0.124. The third-order valence-electron chi connectivity index (χ3n) is 0.825. The van der Waals surface area contributed by atoms with Crippen LogP contribution in [-0.4, -0.2) is 22.4 Å². The summed E-state index contributed by atoms with van der Waals surface area (Å²) < 4.78 is 0. The van der Waals surface area contributed by atoms with Crippen LogP contribution in [0.4, 0.5) is 0 Å². The minimum absolute atomic E-state index is 0.144. The summed E-state index contributed by atoms with van der Waals surface area (Å²) in [6.07, 6.45) is 0. The molecule has 7 heavy (non-hydrogen) atoms. The Morgan fingerprint density at radius 2 is 2.57 bits per heavy atom. The second-order valence-corrected chi connectivity index (χ2v) is 2.37. The molecule has 1 aliphatic heterocycles. The fourth-order valence-corrected chi connectivity index (χ4v) is 1.22. The molecule has 0 aromatic rings. The van der Waals surface area contributed by atoms with Gasteiger partial charge in [-0.1, -0.05) is 0 Å². The van der Waals surface area contributed by atoms with Crippen LogP contribution < -0.4 is 0 Å². The Morgan fingerprint density at radius 3 is 2.71 bits per heavy atom. The molecule has 2 nitrogen and oxygen atoms in total. The van der Waals surface area contributed by atoms with Crippen molar-refractivity contribution in [3.05, 3.63) is 7.05 Å². The Kier molecular flexibility index (Phi) is 1.23. The van der Waals surface area contributed by atoms with Crippen LogP contribution in [0.2, 0.25) is 0 Å².